The number of aryl methyl sites for hydroxylation is 1. The standard InChI is InChI=1S/C17H20N2O2S2/c1-11-10-22-17(19-11)23-12(2)16(21)15-6-4-14(5-7-15)8-9-18-13(3)20/h4-7,10,12H,8-9H2,1-3H3,(H,18,20). The van der Waals surface area contributed by atoms with Crippen molar-refractivity contribution in [3.05, 3.63) is 46.5 Å². The second kappa shape index (κ2) is 8.26. The van der Waals surface area contributed by atoms with Crippen LogP contribution in [0.25, 0.3) is 0 Å². The molecule has 1 amide bonds. The van der Waals surface area contributed by atoms with Crippen molar-refractivity contribution < 1.29 is 9.59 Å². The molecule has 0 spiro atoms. The molecule has 1 heterocycles. The van der Waals surface area contributed by atoms with Gasteiger partial charge in [-0.25, -0.2) is 4.98 Å². The third kappa shape index (κ3) is 5.48. The topological polar surface area (TPSA) is 59.1 Å². The third-order valence-electron chi connectivity index (χ3n) is 3.27. The Kier molecular flexibility index (Phi) is 6.36. The fraction of sp³-hybridized carbons (Fsp3) is 0.353. The number of thiazole rings is 1. The first-order valence-electron chi connectivity index (χ1n) is 7.42. The lowest BCUT2D eigenvalue weighted by Crippen LogP contribution is -2.22. The van der Waals surface area contributed by atoms with Gasteiger partial charge < -0.3 is 5.32 Å². The van der Waals surface area contributed by atoms with Crippen molar-refractivity contribution in [1.29, 1.82) is 0 Å². The van der Waals surface area contributed by atoms with E-state index in [2.05, 4.69) is 10.3 Å². The number of ketones is 1. The number of carbonyl (C=O) groups excluding carboxylic acids is 2. The van der Waals surface area contributed by atoms with Crippen molar-refractivity contribution in [2.24, 2.45) is 0 Å². The van der Waals surface area contributed by atoms with Crippen LogP contribution in [0.4, 0.5) is 0 Å². The maximum absolute atomic E-state index is 12.5. The number of hydrogen-bond acceptors (Lipinski definition) is 5. The molecule has 0 saturated carbocycles. The summed E-state index contributed by atoms with van der Waals surface area (Å²) in [6.07, 6.45) is 0.761. The van der Waals surface area contributed by atoms with Crippen LogP contribution < -0.4 is 5.32 Å². The van der Waals surface area contributed by atoms with Gasteiger partial charge in [0.2, 0.25) is 5.91 Å². The second-order valence-corrected chi connectivity index (χ2v) is 7.76. The Hall–Kier alpha value is -1.66. The highest BCUT2D eigenvalue weighted by Crippen LogP contribution is 2.28. The van der Waals surface area contributed by atoms with Gasteiger partial charge in [0.15, 0.2) is 10.1 Å². The molecule has 0 bridgehead atoms. The average Bonchev–Trinajstić information content (AvgIpc) is 2.92. The van der Waals surface area contributed by atoms with Crippen molar-refractivity contribution in [2.75, 3.05) is 6.54 Å². The quantitative estimate of drug-likeness (QED) is 0.615. The Balaban J connectivity index is 1.92. The molecule has 1 N–H and O–H groups in total. The number of thioether (sulfide) groups is 1. The summed E-state index contributed by atoms with van der Waals surface area (Å²) in [6.45, 7) is 5.98. The van der Waals surface area contributed by atoms with E-state index in [4.69, 9.17) is 0 Å². The highest BCUT2D eigenvalue weighted by Gasteiger charge is 2.17. The molecule has 1 unspecified atom stereocenters. The fourth-order valence-corrected chi connectivity index (χ4v) is 4.11. The van der Waals surface area contributed by atoms with Crippen LogP contribution in [0.15, 0.2) is 34.0 Å². The van der Waals surface area contributed by atoms with Crippen LogP contribution in [-0.2, 0) is 11.2 Å². The highest BCUT2D eigenvalue weighted by atomic mass is 32.2. The van der Waals surface area contributed by atoms with Crippen LogP contribution >= 0.6 is 23.1 Å². The summed E-state index contributed by atoms with van der Waals surface area (Å²) in [5, 5.41) is 4.59. The van der Waals surface area contributed by atoms with Gasteiger partial charge in [0.25, 0.3) is 0 Å². The van der Waals surface area contributed by atoms with Crippen LogP contribution in [0, 0.1) is 6.92 Å². The number of carbonyl (C=O) groups is 2. The molecule has 0 aliphatic rings. The summed E-state index contributed by atoms with van der Waals surface area (Å²) >= 11 is 3.07. The van der Waals surface area contributed by atoms with E-state index >= 15 is 0 Å². The summed E-state index contributed by atoms with van der Waals surface area (Å²) in [7, 11) is 0. The van der Waals surface area contributed by atoms with E-state index in [1.807, 2.05) is 43.5 Å². The van der Waals surface area contributed by atoms with E-state index in [-0.39, 0.29) is 16.9 Å². The molecule has 122 valence electrons. The SMILES string of the molecule is CC(=O)NCCc1ccc(C(=O)C(C)Sc2nc(C)cs2)cc1. The van der Waals surface area contributed by atoms with Gasteiger partial charge in [-0.1, -0.05) is 36.0 Å². The van der Waals surface area contributed by atoms with E-state index in [9.17, 15) is 9.59 Å². The van der Waals surface area contributed by atoms with E-state index in [1.165, 1.54) is 18.7 Å². The van der Waals surface area contributed by atoms with Crippen molar-refractivity contribution in [1.82, 2.24) is 10.3 Å². The molecule has 2 rings (SSSR count). The smallest absolute Gasteiger partial charge is 0.216 e. The van der Waals surface area contributed by atoms with Gasteiger partial charge in [-0.05, 0) is 25.8 Å². The first-order valence-corrected chi connectivity index (χ1v) is 9.18. The number of nitrogens with one attached hydrogen (secondary N) is 1. The first-order chi connectivity index (χ1) is 11.0. The molecular weight excluding hydrogens is 328 g/mol. The van der Waals surface area contributed by atoms with Gasteiger partial charge in [-0.15, -0.1) is 11.3 Å². The van der Waals surface area contributed by atoms with Gasteiger partial charge in [0.05, 0.1) is 5.25 Å². The molecule has 0 saturated heterocycles. The fourth-order valence-electron chi connectivity index (χ4n) is 2.04. The van der Waals surface area contributed by atoms with E-state index in [0.717, 1.165) is 22.0 Å². The largest absolute Gasteiger partial charge is 0.356 e. The Bertz CT molecular complexity index is 680. The minimum Gasteiger partial charge on any atom is -0.356 e. The number of aromatic nitrogens is 1. The molecule has 1 atom stereocenters. The molecule has 23 heavy (non-hydrogen) atoms. The van der Waals surface area contributed by atoms with Gasteiger partial charge >= 0.3 is 0 Å². The van der Waals surface area contributed by atoms with E-state index in [0.29, 0.717) is 12.1 Å². The monoisotopic (exact) mass is 348 g/mol. The van der Waals surface area contributed by atoms with Crippen LogP contribution in [0.2, 0.25) is 0 Å². The Labute approximate surface area is 144 Å². The predicted octanol–water partition coefficient (Wildman–Crippen LogP) is 3.49. The Morgan fingerprint density at radius 1 is 1.30 bits per heavy atom. The lowest BCUT2D eigenvalue weighted by atomic mass is 10.0. The molecule has 1 aromatic carbocycles. The van der Waals surface area contributed by atoms with Crippen molar-refractivity contribution >= 4 is 34.8 Å². The molecule has 4 nitrogen and oxygen atoms in total. The van der Waals surface area contributed by atoms with Crippen LogP contribution in [-0.4, -0.2) is 28.5 Å². The molecule has 6 heteroatoms. The molecular formula is C17H20N2O2S2. The lowest BCUT2D eigenvalue weighted by molar-refractivity contribution is -0.118. The minimum atomic E-state index is -0.161. The second-order valence-electron chi connectivity index (χ2n) is 5.31. The van der Waals surface area contributed by atoms with E-state index in [1.54, 1.807) is 11.3 Å². The average molecular weight is 348 g/mol. The predicted molar refractivity (Wildman–Crippen MR) is 95.3 cm³/mol. The number of rotatable bonds is 7. The third-order valence-corrected chi connectivity index (χ3v) is 5.46. The zero-order valence-corrected chi connectivity index (χ0v) is 15.1. The van der Waals surface area contributed by atoms with Gasteiger partial charge in [-0.3, -0.25) is 9.59 Å². The summed E-state index contributed by atoms with van der Waals surface area (Å²) in [4.78, 5) is 27.7. The number of hydrogen-bond donors (Lipinski definition) is 1. The number of nitrogens with zero attached hydrogens (tertiary/aromatic N) is 1. The molecule has 2 aromatic rings. The molecule has 1 aromatic heterocycles. The number of benzene rings is 1. The highest BCUT2D eigenvalue weighted by molar-refractivity contribution is 8.02. The first kappa shape index (κ1) is 17.7. The number of Topliss-reactive ketones (excluding diaryl/α,β-unsaturated/α-hetero) is 1. The van der Waals surface area contributed by atoms with Gasteiger partial charge in [-0.2, -0.15) is 0 Å². The number of amides is 1. The molecule has 0 aliphatic carbocycles. The zero-order valence-electron chi connectivity index (χ0n) is 13.5. The molecule has 0 radical (unpaired) electrons. The Morgan fingerprint density at radius 3 is 2.57 bits per heavy atom. The van der Waals surface area contributed by atoms with Crippen molar-refractivity contribution in [2.45, 2.75) is 36.8 Å². The molecule has 0 fully saturated rings. The van der Waals surface area contributed by atoms with Crippen molar-refractivity contribution in [3.8, 4) is 0 Å². The summed E-state index contributed by atoms with van der Waals surface area (Å²) < 4.78 is 0.926. The van der Waals surface area contributed by atoms with Crippen LogP contribution in [0.3, 0.4) is 0 Å². The summed E-state index contributed by atoms with van der Waals surface area (Å²) in [6, 6.07) is 7.60. The Morgan fingerprint density at radius 2 is 2.00 bits per heavy atom. The minimum absolute atomic E-state index is 0.0277. The van der Waals surface area contributed by atoms with Crippen LogP contribution in [0.1, 0.15) is 35.5 Å². The maximum atomic E-state index is 12.5. The van der Waals surface area contributed by atoms with Gasteiger partial charge in [0, 0.05) is 30.1 Å². The molecule has 0 aliphatic heterocycles. The van der Waals surface area contributed by atoms with E-state index < -0.39 is 0 Å². The summed E-state index contributed by atoms with van der Waals surface area (Å²) in [5.74, 6) is 0.0799. The normalized spacial score (nSPS) is 12.0. The van der Waals surface area contributed by atoms with Gasteiger partial charge in [0.1, 0.15) is 0 Å². The summed E-state index contributed by atoms with van der Waals surface area (Å²) in [5.41, 5.74) is 2.80. The van der Waals surface area contributed by atoms with Crippen LogP contribution in [0.5, 0.6) is 0 Å². The lowest BCUT2D eigenvalue weighted by Gasteiger charge is -2.09. The zero-order chi connectivity index (χ0) is 16.8. The maximum Gasteiger partial charge on any atom is 0.216 e. The van der Waals surface area contributed by atoms with Crippen molar-refractivity contribution in [3.63, 3.8) is 0 Å².